The van der Waals surface area contributed by atoms with Crippen LogP contribution in [0.1, 0.15) is 36.4 Å². The Morgan fingerprint density at radius 3 is 2.72 bits per heavy atom. The lowest BCUT2D eigenvalue weighted by Crippen LogP contribution is -1.93. The maximum Gasteiger partial charge on any atom is 0.0845 e. The van der Waals surface area contributed by atoms with Crippen molar-refractivity contribution in [3.05, 3.63) is 59.2 Å². The third-order valence-electron chi connectivity index (χ3n) is 2.93. The molecule has 1 aromatic carbocycles. The van der Waals surface area contributed by atoms with Crippen molar-refractivity contribution < 1.29 is 0 Å². The Morgan fingerprint density at radius 1 is 1.11 bits per heavy atom. The van der Waals surface area contributed by atoms with Crippen LogP contribution in [-0.2, 0) is 12.8 Å². The summed E-state index contributed by atoms with van der Waals surface area (Å²) in [6, 6.07) is 9.17. The molecule has 2 heteroatoms. The molecule has 1 radical (unpaired) electrons. The fourth-order valence-electron chi connectivity index (χ4n) is 1.90. The molecule has 0 fully saturated rings. The minimum atomic E-state index is 0.900. The summed E-state index contributed by atoms with van der Waals surface area (Å²) < 4.78 is 0. The second-order valence-electron chi connectivity index (χ2n) is 4.05. The molecule has 0 N–H and O–H groups in total. The molecular formula is C16H17N2. The molecule has 2 aromatic rings. The number of rotatable bonds is 4. The van der Waals surface area contributed by atoms with Crippen LogP contribution in [0.25, 0.3) is 12.2 Å². The van der Waals surface area contributed by atoms with Gasteiger partial charge < -0.3 is 0 Å². The van der Waals surface area contributed by atoms with Gasteiger partial charge in [0.1, 0.15) is 0 Å². The SMILES string of the molecule is CCc1c[c]ccc1C=Cc1nccnc1CC. The predicted molar refractivity (Wildman–Crippen MR) is 75.0 cm³/mol. The van der Waals surface area contributed by atoms with Gasteiger partial charge in [-0.15, -0.1) is 0 Å². The molecule has 91 valence electrons. The van der Waals surface area contributed by atoms with E-state index in [0.29, 0.717) is 0 Å². The summed E-state index contributed by atoms with van der Waals surface area (Å²) in [6.07, 6.45) is 9.54. The van der Waals surface area contributed by atoms with Gasteiger partial charge in [-0.2, -0.15) is 0 Å². The van der Waals surface area contributed by atoms with E-state index in [0.717, 1.165) is 24.2 Å². The first-order valence-electron chi connectivity index (χ1n) is 6.32. The molecule has 0 saturated heterocycles. The first-order chi connectivity index (χ1) is 8.85. The predicted octanol–water partition coefficient (Wildman–Crippen LogP) is 3.57. The zero-order valence-electron chi connectivity index (χ0n) is 10.9. The van der Waals surface area contributed by atoms with Crippen LogP contribution in [0, 0.1) is 6.07 Å². The van der Waals surface area contributed by atoms with E-state index in [-0.39, 0.29) is 0 Å². The smallest absolute Gasteiger partial charge is 0.0845 e. The second-order valence-corrected chi connectivity index (χ2v) is 4.05. The number of aryl methyl sites for hydroxylation is 2. The van der Waals surface area contributed by atoms with Gasteiger partial charge in [0.2, 0.25) is 0 Å². The first kappa shape index (κ1) is 12.5. The van der Waals surface area contributed by atoms with Crippen molar-refractivity contribution in [2.45, 2.75) is 26.7 Å². The van der Waals surface area contributed by atoms with Crippen LogP contribution < -0.4 is 0 Å². The summed E-state index contributed by atoms with van der Waals surface area (Å²) in [4.78, 5) is 8.70. The van der Waals surface area contributed by atoms with Crippen LogP contribution in [0.4, 0.5) is 0 Å². The Kier molecular flexibility index (Phi) is 4.24. The highest BCUT2D eigenvalue weighted by molar-refractivity contribution is 5.70. The van der Waals surface area contributed by atoms with Crippen molar-refractivity contribution in [3.63, 3.8) is 0 Å². The Bertz CT molecular complexity index is 495. The van der Waals surface area contributed by atoms with Crippen molar-refractivity contribution in [2.75, 3.05) is 0 Å². The summed E-state index contributed by atoms with van der Waals surface area (Å²) in [5.41, 5.74) is 4.52. The topological polar surface area (TPSA) is 25.8 Å². The van der Waals surface area contributed by atoms with Gasteiger partial charge in [-0.1, -0.05) is 38.1 Å². The van der Waals surface area contributed by atoms with Crippen molar-refractivity contribution >= 4 is 12.2 Å². The van der Waals surface area contributed by atoms with Crippen LogP contribution in [0.15, 0.2) is 30.6 Å². The van der Waals surface area contributed by atoms with Gasteiger partial charge in [-0.3, -0.25) is 9.97 Å². The Balaban J connectivity index is 2.30. The Hall–Kier alpha value is -1.96. The van der Waals surface area contributed by atoms with E-state index < -0.39 is 0 Å². The molecule has 2 nitrogen and oxygen atoms in total. The van der Waals surface area contributed by atoms with Crippen molar-refractivity contribution in [3.8, 4) is 0 Å². The zero-order valence-corrected chi connectivity index (χ0v) is 10.9. The van der Waals surface area contributed by atoms with Gasteiger partial charge in [-0.05, 0) is 36.1 Å². The molecule has 2 rings (SSSR count). The lowest BCUT2D eigenvalue weighted by atomic mass is 10.0. The van der Waals surface area contributed by atoms with Gasteiger partial charge in [0, 0.05) is 12.4 Å². The lowest BCUT2D eigenvalue weighted by molar-refractivity contribution is 0.989. The molecule has 0 unspecified atom stereocenters. The van der Waals surface area contributed by atoms with Crippen molar-refractivity contribution in [1.29, 1.82) is 0 Å². The molecule has 1 aromatic heterocycles. The molecule has 0 aliphatic heterocycles. The van der Waals surface area contributed by atoms with E-state index in [9.17, 15) is 0 Å². The highest BCUT2D eigenvalue weighted by atomic mass is 14.8. The van der Waals surface area contributed by atoms with E-state index in [1.807, 2.05) is 18.2 Å². The van der Waals surface area contributed by atoms with Gasteiger partial charge in [0.25, 0.3) is 0 Å². The van der Waals surface area contributed by atoms with Gasteiger partial charge in [-0.25, -0.2) is 0 Å². The quantitative estimate of drug-likeness (QED) is 0.812. The van der Waals surface area contributed by atoms with E-state index in [4.69, 9.17) is 0 Å². The highest BCUT2D eigenvalue weighted by Gasteiger charge is 2.00. The van der Waals surface area contributed by atoms with Crippen LogP contribution in [0.2, 0.25) is 0 Å². The van der Waals surface area contributed by atoms with E-state index in [2.05, 4.69) is 42.0 Å². The summed E-state index contributed by atoms with van der Waals surface area (Å²) in [5.74, 6) is 0. The molecular weight excluding hydrogens is 220 g/mol. The minimum absolute atomic E-state index is 0.900. The maximum absolute atomic E-state index is 4.36. The fourth-order valence-corrected chi connectivity index (χ4v) is 1.90. The summed E-state index contributed by atoms with van der Waals surface area (Å²) in [5, 5.41) is 0. The lowest BCUT2D eigenvalue weighted by Gasteiger charge is -2.03. The second kappa shape index (κ2) is 6.10. The maximum atomic E-state index is 4.36. The molecule has 0 saturated carbocycles. The molecule has 0 bridgehead atoms. The molecule has 18 heavy (non-hydrogen) atoms. The number of nitrogens with zero attached hydrogens (tertiary/aromatic N) is 2. The molecule has 0 amide bonds. The summed E-state index contributed by atoms with van der Waals surface area (Å²) in [6.45, 7) is 4.25. The van der Waals surface area contributed by atoms with Crippen LogP contribution in [-0.4, -0.2) is 9.97 Å². The summed E-state index contributed by atoms with van der Waals surface area (Å²) in [7, 11) is 0. The summed E-state index contributed by atoms with van der Waals surface area (Å²) >= 11 is 0. The normalized spacial score (nSPS) is 11.0. The first-order valence-corrected chi connectivity index (χ1v) is 6.32. The molecule has 0 aliphatic rings. The van der Waals surface area contributed by atoms with Crippen molar-refractivity contribution in [1.82, 2.24) is 9.97 Å². The molecule has 1 heterocycles. The third kappa shape index (κ3) is 2.83. The Morgan fingerprint density at radius 2 is 1.94 bits per heavy atom. The van der Waals surface area contributed by atoms with Crippen LogP contribution >= 0.6 is 0 Å². The largest absolute Gasteiger partial charge is 0.257 e. The van der Waals surface area contributed by atoms with E-state index >= 15 is 0 Å². The van der Waals surface area contributed by atoms with Gasteiger partial charge in [0.05, 0.1) is 11.4 Å². The highest BCUT2D eigenvalue weighted by Crippen LogP contribution is 2.14. The average Bonchev–Trinajstić information content (AvgIpc) is 2.45. The number of hydrogen-bond donors (Lipinski definition) is 0. The molecule has 0 aliphatic carbocycles. The minimum Gasteiger partial charge on any atom is -0.257 e. The van der Waals surface area contributed by atoms with Crippen LogP contribution in [0.5, 0.6) is 0 Å². The standard InChI is InChI=1S/C16H17N2/c1-3-13-7-5-6-8-14(13)9-10-16-15(4-2)17-11-12-18-16/h6-12H,3-4H2,1-2H3. The third-order valence-corrected chi connectivity index (χ3v) is 2.93. The zero-order chi connectivity index (χ0) is 12.8. The molecule has 0 atom stereocenters. The van der Waals surface area contributed by atoms with Crippen molar-refractivity contribution in [2.24, 2.45) is 0 Å². The number of benzene rings is 1. The molecule has 0 spiro atoms. The monoisotopic (exact) mass is 237 g/mol. The van der Waals surface area contributed by atoms with Gasteiger partial charge in [0.15, 0.2) is 0 Å². The Labute approximate surface area is 108 Å². The van der Waals surface area contributed by atoms with Gasteiger partial charge >= 0.3 is 0 Å². The number of aromatic nitrogens is 2. The van der Waals surface area contributed by atoms with Crippen LogP contribution in [0.3, 0.4) is 0 Å². The van der Waals surface area contributed by atoms with E-state index in [1.54, 1.807) is 12.4 Å². The fraction of sp³-hybridized carbons (Fsp3) is 0.250. The van der Waals surface area contributed by atoms with E-state index in [1.165, 1.54) is 11.1 Å². The average molecular weight is 237 g/mol. The number of hydrogen-bond acceptors (Lipinski definition) is 2.